The van der Waals surface area contributed by atoms with Gasteiger partial charge in [0.05, 0.1) is 0 Å². The van der Waals surface area contributed by atoms with E-state index in [0.29, 0.717) is 11.8 Å². The highest BCUT2D eigenvalue weighted by atomic mass is 16.5. The molecule has 2 atom stereocenters. The molecule has 2 unspecified atom stereocenters. The van der Waals surface area contributed by atoms with Crippen molar-refractivity contribution in [1.82, 2.24) is 0 Å². The molecule has 2 aliphatic rings. The lowest BCUT2D eigenvalue weighted by Crippen LogP contribution is -2.19. The van der Waals surface area contributed by atoms with Gasteiger partial charge in [-0.1, -0.05) is 44.2 Å². The van der Waals surface area contributed by atoms with Gasteiger partial charge >= 0.3 is 5.97 Å². The van der Waals surface area contributed by atoms with Crippen molar-refractivity contribution in [2.24, 2.45) is 11.8 Å². The minimum atomic E-state index is -0.0901. The van der Waals surface area contributed by atoms with Gasteiger partial charge in [-0.25, -0.2) is 4.79 Å². The van der Waals surface area contributed by atoms with Crippen LogP contribution >= 0.6 is 0 Å². The van der Waals surface area contributed by atoms with Gasteiger partial charge in [0, 0.05) is 11.5 Å². The van der Waals surface area contributed by atoms with Crippen LogP contribution in [0.15, 0.2) is 42.0 Å². The van der Waals surface area contributed by atoms with Gasteiger partial charge in [0.1, 0.15) is 6.10 Å². The van der Waals surface area contributed by atoms with E-state index in [1.54, 1.807) is 0 Å². The molecule has 1 heterocycles. The molecule has 0 amide bonds. The second-order valence-electron chi connectivity index (χ2n) is 6.29. The summed E-state index contributed by atoms with van der Waals surface area (Å²) in [6.45, 7) is 4.34. The zero-order chi connectivity index (χ0) is 14.8. The number of hydrogen-bond acceptors (Lipinski definition) is 2. The normalized spacial score (nSPS) is 23.1. The molecule has 0 aromatic heterocycles. The van der Waals surface area contributed by atoms with Crippen LogP contribution < -0.4 is 0 Å². The molecule has 1 aromatic rings. The molecule has 0 radical (unpaired) electrons. The lowest BCUT2D eigenvalue weighted by atomic mass is 9.85. The SMILES string of the molecule is CCC(CC)C1C=C(C(c2ccccc2)C2CC2)C(=O)O1. The Morgan fingerprint density at radius 1 is 1.14 bits per heavy atom. The predicted molar refractivity (Wildman–Crippen MR) is 83.9 cm³/mol. The van der Waals surface area contributed by atoms with E-state index in [4.69, 9.17) is 4.74 Å². The Morgan fingerprint density at radius 3 is 2.38 bits per heavy atom. The third-order valence-electron chi connectivity index (χ3n) is 4.92. The number of hydrogen-bond donors (Lipinski definition) is 0. The quantitative estimate of drug-likeness (QED) is 0.720. The summed E-state index contributed by atoms with van der Waals surface area (Å²) in [5.41, 5.74) is 2.16. The second-order valence-corrected chi connectivity index (χ2v) is 6.29. The molecule has 0 saturated heterocycles. The lowest BCUT2D eigenvalue weighted by molar-refractivity contribution is -0.141. The number of carbonyl (C=O) groups is 1. The minimum absolute atomic E-state index is 0.0209. The number of rotatable bonds is 6. The van der Waals surface area contributed by atoms with Crippen LogP contribution in [-0.2, 0) is 9.53 Å². The summed E-state index contributed by atoms with van der Waals surface area (Å²) in [6, 6.07) is 10.4. The first-order valence-corrected chi connectivity index (χ1v) is 8.22. The highest BCUT2D eigenvalue weighted by Gasteiger charge is 2.41. The first-order valence-electron chi connectivity index (χ1n) is 8.22. The molecule has 2 nitrogen and oxygen atoms in total. The van der Waals surface area contributed by atoms with E-state index in [1.807, 2.05) is 6.07 Å². The monoisotopic (exact) mass is 284 g/mol. The highest BCUT2D eigenvalue weighted by Crippen LogP contribution is 2.48. The van der Waals surface area contributed by atoms with Gasteiger partial charge in [0.25, 0.3) is 0 Å². The van der Waals surface area contributed by atoms with Crippen molar-refractivity contribution in [2.45, 2.75) is 51.6 Å². The van der Waals surface area contributed by atoms with Crippen LogP contribution in [-0.4, -0.2) is 12.1 Å². The third kappa shape index (κ3) is 2.90. The van der Waals surface area contributed by atoms with Crippen molar-refractivity contribution in [3.63, 3.8) is 0 Å². The van der Waals surface area contributed by atoms with Gasteiger partial charge in [-0.05, 0) is 49.2 Å². The molecular formula is C19H24O2. The number of esters is 1. The van der Waals surface area contributed by atoms with Gasteiger partial charge in [-0.15, -0.1) is 0 Å². The molecule has 1 aromatic carbocycles. The van der Waals surface area contributed by atoms with Gasteiger partial charge in [-0.3, -0.25) is 0 Å². The summed E-state index contributed by atoms with van der Waals surface area (Å²) in [5.74, 6) is 1.21. The zero-order valence-corrected chi connectivity index (χ0v) is 12.9. The molecule has 3 rings (SSSR count). The Bertz CT molecular complexity index is 524. The fourth-order valence-corrected chi connectivity index (χ4v) is 3.48. The number of ether oxygens (including phenoxy) is 1. The van der Waals surface area contributed by atoms with Crippen molar-refractivity contribution in [1.29, 1.82) is 0 Å². The van der Waals surface area contributed by atoms with Crippen LogP contribution in [0.5, 0.6) is 0 Å². The average Bonchev–Trinajstić information content (AvgIpc) is 3.27. The smallest absolute Gasteiger partial charge is 0.335 e. The van der Waals surface area contributed by atoms with Crippen molar-refractivity contribution >= 4 is 5.97 Å². The van der Waals surface area contributed by atoms with Crippen molar-refractivity contribution in [3.8, 4) is 0 Å². The Kier molecular flexibility index (Phi) is 4.14. The maximum Gasteiger partial charge on any atom is 0.335 e. The topological polar surface area (TPSA) is 26.3 Å². The van der Waals surface area contributed by atoms with Crippen LogP contribution in [0.4, 0.5) is 0 Å². The van der Waals surface area contributed by atoms with Gasteiger partial charge in [-0.2, -0.15) is 0 Å². The fraction of sp³-hybridized carbons (Fsp3) is 0.526. The maximum atomic E-state index is 12.4. The van der Waals surface area contributed by atoms with Gasteiger partial charge < -0.3 is 4.74 Å². The molecule has 0 N–H and O–H groups in total. The third-order valence-corrected chi connectivity index (χ3v) is 4.92. The van der Waals surface area contributed by atoms with Gasteiger partial charge in [0.2, 0.25) is 0 Å². The number of benzene rings is 1. The molecule has 1 fully saturated rings. The van der Waals surface area contributed by atoms with Crippen LogP contribution in [0.25, 0.3) is 0 Å². The van der Waals surface area contributed by atoms with E-state index in [-0.39, 0.29) is 18.0 Å². The fourth-order valence-electron chi connectivity index (χ4n) is 3.48. The van der Waals surface area contributed by atoms with Crippen molar-refractivity contribution < 1.29 is 9.53 Å². The second kappa shape index (κ2) is 6.05. The van der Waals surface area contributed by atoms with E-state index in [2.05, 4.69) is 44.2 Å². The Morgan fingerprint density at radius 2 is 1.81 bits per heavy atom. The van der Waals surface area contributed by atoms with Crippen LogP contribution in [0.2, 0.25) is 0 Å². The molecule has 1 aliphatic carbocycles. The average molecular weight is 284 g/mol. The largest absolute Gasteiger partial charge is 0.454 e. The molecule has 112 valence electrons. The molecule has 21 heavy (non-hydrogen) atoms. The predicted octanol–water partition coefficient (Wildman–Crippen LogP) is 4.47. The summed E-state index contributed by atoms with van der Waals surface area (Å²) in [4.78, 5) is 12.4. The molecule has 2 heteroatoms. The summed E-state index contributed by atoms with van der Waals surface area (Å²) >= 11 is 0. The molecular weight excluding hydrogens is 260 g/mol. The van der Waals surface area contributed by atoms with Crippen LogP contribution in [0, 0.1) is 11.8 Å². The first-order chi connectivity index (χ1) is 10.2. The first kappa shape index (κ1) is 14.4. The minimum Gasteiger partial charge on any atom is -0.454 e. The van der Waals surface area contributed by atoms with E-state index in [9.17, 15) is 4.79 Å². The van der Waals surface area contributed by atoms with Crippen molar-refractivity contribution in [2.75, 3.05) is 0 Å². The van der Waals surface area contributed by atoms with Gasteiger partial charge in [0.15, 0.2) is 0 Å². The standard InChI is InChI=1S/C19H24O2/c1-3-13(4-2)17-12-16(19(20)21-17)18(15-10-11-15)14-8-6-5-7-9-14/h5-9,12-13,15,17-18H,3-4,10-11H2,1-2H3. The zero-order valence-electron chi connectivity index (χ0n) is 12.9. The Labute approximate surface area is 127 Å². The van der Waals surface area contributed by atoms with Crippen LogP contribution in [0.1, 0.15) is 51.0 Å². The van der Waals surface area contributed by atoms with Crippen molar-refractivity contribution in [3.05, 3.63) is 47.5 Å². The summed E-state index contributed by atoms with van der Waals surface area (Å²) < 4.78 is 5.67. The summed E-state index contributed by atoms with van der Waals surface area (Å²) in [6.07, 6.45) is 6.65. The summed E-state index contributed by atoms with van der Waals surface area (Å²) in [7, 11) is 0. The van der Waals surface area contributed by atoms with E-state index >= 15 is 0 Å². The molecule has 1 aliphatic heterocycles. The number of carbonyl (C=O) groups excluding carboxylic acids is 1. The maximum absolute atomic E-state index is 12.4. The Hall–Kier alpha value is -1.57. The molecule has 0 spiro atoms. The van der Waals surface area contributed by atoms with E-state index in [0.717, 1.165) is 18.4 Å². The lowest BCUT2D eigenvalue weighted by Gasteiger charge is -2.17. The highest BCUT2D eigenvalue weighted by molar-refractivity contribution is 5.92. The Balaban J connectivity index is 1.89. The van der Waals surface area contributed by atoms with E-state index < -0.39 is 0 Å². The molecule has 1 saturated carbocycles. The van der Waals surface area contributed by atoms with E-state index in [1.165, 1.54) is 18.4 Å². The summed E-state index contributed by atoms with van der Waals surface area (Å²) in [5, 5.41) is 0. The molecule has 0 bridgehead atoms. The van der Waals surface area contributed by atoms with Crippen LogP contribution in [0.3, 0.4) is 0 Å². The number of cyclic esters (lactones) is 1.